The van der Waals surface area contributed by atoms with Crippen LogP contribution in [0.15, 0.2) is 0 Å². The summed E-state index contributed by atoms with van der Waals surface area (Å²) >= 11 is 0. The standard InChI is InChI=1S/C23H50N2/c1-5-6-7-8-9-10-11-12-13-14-15-16-17-18-19-20-22(2)25-21-23(3,4)24/h22,25H,5-21,24H2,1-4H3. The molecule has 0 aromatic rings. The predicted molar refractivity (Wildman–Crippen MR) is 115 cm³/mol. The third-order valence-corrected chi connectivity index (χ3v) is 5.15. The van der Waals surface area contributed by atoms with E-state index in [1.807, 2.05) is 0 Å². The van der Waals surface area contributed by atoms with E-state index in [0.717, 1.165) is 6.54 Å². The quantitative estimate of drug-likeness (QED) is 0.246. The van der Waals surface area contributed by atoms with Crippen LogP contribution in [-0.2, 0) is 0 Å². The number of rotatable bonds is 19. The zero-order valence-corrected chi connectivity index (χ0v) is 18.2. The van der Waals surface area contributed by atoms with Crippen molar-refractivity contribution in [1.29, 1.82) is 0 Å². The van der Waals surface area contributed by atoms with Gasteiger partial charge in [0.25, 0.3) is 0 Å². The fourth-order valence-electron chi connectivity index (χ4n) is 3.36. The highest BCUT2D eigenvalue weighted by Crippen LogP contribution is 2.14. The molecule has 1 unspecified atom stereocenters. The molecule has 25 heavy (non-hydrogen) atoms. The van der Waals surface area contributed by atoms with Crippen LogP contribution in [0.5, 0.6) is 0 Å². The SMILES string of the molecule is CCCCCCCCCCCCCCCCCC(C)NCC(C)(C)N. The molecule has 0 fully saturated rings. The Labute approximate surface area is 160 Å². The van der Waals surface area contributed by atoms with Gasteiger partial charge in [-0.3, -0.25) is 0 Å². The van der Waals surface area contributed by atoms with Crippen LogP contribution in [0.1, 0.15) is 130 Å². The van der Waals surface area contributed by atoms with Gasteiger partial charge in [-0.05, 0) is 27.2 Å². The maximum absolute atomic E-state index is 6.01. The van der Waals surface area contributed by atoms with Crippen molar-refractivity contribution in [2.24, 2.45) is 5.73 Å². The highest BCUT2D eigenvalue weighted by molar-refractivity contribution is 4.76. The monoisotopic (exact) mass is 354 g/mol. The lowest BCUT2D eigenvalue weighted by Crippen LogP contribution is -2.45. The zero-order chi connectivity index (χ0) is 18.8. The Morgan fingerprint density at radius 1 is 0.680 bits per heavy atom. The third kappa shape index (κ3) is 21.9. The molecule has 0 radical (unpaired) electrons. The van der Waals surface area contributed by atoms with E-state index in [4.69, 9.17) is 5.73 Å². The van der Waals surface area contributed by atoms with Gasteiger partial charge in [0, 0.05) is 18.1 Å². The average molecular weight is 355 g/mol. The van der Waals surface area contributed by atoms with E-state index < -0.39 is 0 Å². The molecular formula is C23H50N2. The zero-order valence-electron chi connectivity index (χ0n) is 18.2. The maximum Gasteiger partial charge on any atom is 0.0223 e. The Hall–Kier alpha value is -0.0800. The Bertz CT molecular complexity index is 257. The van der Waals surface area contributed by atoms with Crippen molar-refractivity contribution in [3.63, 3.8) is 0 Å². The molecule has 0 aromatic carbocycles. The molecule has 0 bridgehead atoms. The van der Waals surface area contributed by atoms with E-state index in [1.165, 1.54) is 103 Å². The molecular weight excluding hydrogens is 304 g/mol. The normalized spacial score (nSPS) is 13.3. The molecule has 0 rings (SSSR count). The van der Waals surface area contributed by atoms with E-state index in [2.05, 4.69) is 33.0 Å². The number of hydrogen-bond donors (Lipinski definition) is 2. The summed E-state index contributed by atoms with van der Waals surface area (Å²) in [6.07, 6.45) is 22.9. The van der Waals surface area contributed by atoms with Gasteiger partial charge >= 0.3 is 0 Å². The van der Waals surface area contributed by atoms with Gasteiger partial charge in [0.2, 0.25) is 0 Å². The largest absolute Gasteiger partial charge is 0.324 e. The summed E-state index contributed by atoms with van der Waals surface area (Å²) in [5.74, 6) is 0. The van der Waals surface area contributed by atoms with Crippen LogP contribution in [0, 0.1) is 0 Å². The molecule has 2 heteroatoms. The molecule has 0 saturated heterocycles. The molecule has 3 N–H and O–H groups in total. The number of nitrogens with two attached hydrogens (primary N) is 1. The number of unbranched alkanes of at least 4 members (excludes halogenated alkanes) is 14. The van der Waals surface area contributed by atoms with Crippen molar-refractivity contribution >= 4 is 0 Å². The van der Waals surface area contributed by atoms with Gasteiger partial charge in [-0.25, -0.2) is 0 Å². The van der Waals surface area contributed by atoms with Crippen molar-refractivity contribution in [2.45, 2.75) is 142 Å². The van der Waals surface area contributed by atoms with Crippen molar-refractivity contribution in [1.82, 2.24) is 5.32 Å². The van der Waals surface area contributed by atoms with Crippen LogP contribution >= 0.6 is 0 Å². The lowest BCUT2D eigenvalue weighted by Gasteiger charge is -2.22. The Morgan fingerprint density at radius 3 is 1.40 bits per heavy atom. The van der Waals surface area contributed by atoms with Gasteiger partial charge in [0.1, 0.15) is 0 Å². The van der Waals surface area contributed by atoms with Gasteiger partial charge < -0.3 is 11.1 Å². The van der Waals surface area contributed by atoms with Gasteiger partial charge in [0.05, 0.1) is 0 Å². The Kier molecular flexibility index (Phi) is 17.3. The molecule has 0 aliphatic carbocycles. The minimum absolute atomic E-state index is 0.0939. The molecule has 0 heterocycles. The van der Waals surface area contributed by atoms with E-state index in [1.54, 1.807) is 0 Å². The van der Waals surface area contributed by atoms with Crippen LogP contribution in [0.3, 0.4) is 0 Å². The highest BCUT2D eigenvalue weighted by atomic mass is 14.9. The first-order valence-electron chi connectivity index (χ1n) is 11.5. The summed E-state index contributed by atoms with van der Waals surface area (Å²) in [5, 5.41) is 3.55. The molecule has 1 atom stereocenters. The van der Waals surface area contributed by atoms with Crippen LogP contribution < -0.4 is 11.1 Å². The van der Waals surface area contributed by atoms with Crippen LogP contribution in [0.25, 0.3) is 0 Å². The summed E-state index contributed by atoms with van der Waals surface area (Å²) in [7, 11) is 0. The van der Waals surface area contributed by atoms with Crippen LogP contribution in [-0.4, -0.2) is 18.1 Å². The summed E-state index contributed by atoms with van der Waals surface area (Å²) < 4.78 is 0. The van der Waals surface area contributed by atoms with Gasteiger partial charge in [0.15, 0.2) is 0 Å². The Balaban J connectivity index is 3.14. The maximum atomic E-state index is 6.01. The van der Waals surface area contributed by atoms with Crippen molar-refractivity contribution in [3.05, 3.63) is 0 Å². The molecule has 152 valence electrons. The first kappa shape index (κ1) is 24.9. The lowest BCUT2D eigenvalue weighted by molar-refractivity contribution is 0.407. The van der Waals surface area contributed by atoms with Crippen molar-refractivity contribution in [3.8, 4) is 0 Å². The molecule has 0 amide bonds. The fraction of sp³-hybridized carbons (Fsp3) is 1.00. The molecule has 2 nitrogen and oxygen atoms in total. The molecule has 0 aliphatic rings. The number of hydrogen-bond acceptors (Lipinski definition) is 2. The summed E-state index contributed by atoms with van der Waals surface area (Å²) in [6.45, 7) is 9.66. The van der Waals surface area contributed by atoms with E-state index in [-0.39, 0.29) is 5.54 Å². The first-order chi connectivity index (χ1) is 12.0. The second kappa shape index (κ2) is 17.3. The van der Waals surface area contributed by atoms with Gasteiger partial charge in [-0.15, -0.1) is 0 Å². The van der Waals surface area contributed by atoms with Crippen molar-refractivity contribution < 1.29 is 0 Å². The average Bonchev–Trinajstić information content (AvgIpc) is 2.56. The molecule has 0 saturated carbocycles. The molecule has 0 aliphatic heterocycles. The topological polar surface area (TPSA) is 38.0 Å². The van der Waals surface area contributed by atoms with Crippen LogP contribution in [0.2, 0.25) is 0 Å². The smallest absolute Gasteiger partial charge is 0.0223 e. The minimum atomic E-state index is -0.0939. The second-order valence-electron chi connectivity index (χ2n) is 9.01. The summed E-state index contributed by atoms with van der Waals surface area (Å²) in [4.78, 5) is 0. The fourth-order valence-corrected chi connectivity index (χ4v) is 3.36. The first-order valence-corrected chi connectivity index (χ1v) is 11.5. The van der Waals surface area contributed by atoms with E-state index in [9.17, 15) is 0 Å². The molecule has 0 spiro atoms. The summed E-state index contributed by atoms with van der Waals surface area (Å²) in [6, 6.07) is 0.602. The minimum Gasteiger partial charge on any atom is -0.324 e. The lowest BCUT2D eigenvalue weighted by atomic mass is 10.0. The Morgan fingerprint density at radius 2 is 1.04 bits per heavy atom. The van der Waals surface area contributed by atoms with E-state index >= 15 is 0 Å². The van der Waals surface area contributed by atoms with Gasteiger partial charge in [-0.2, -0.15) is 0 Å². The van der Waals surface area contributed by atoms with Gasteiger partial charge in [-0.1, -0.05) is 103 Å². The highest BCUT2D eigenvalue weighted by Gasteiger charge is 2.11. The predicted octanol–water partition coefficient (Wildman–Crippen LogP) is 6.96. The summed E-state index contributed by atoms with van der Waals surface area (Å²) in [5.41, 5.74) is 5.91. The third-order valence-electron chi connectivity index (χ3n) is 5.15. The second-order valence-corrected chi connectivity index (χ2v) is 9.01. The van der Waals surface area contributed by atoms with Crippen LogP contribution in [0.4, 0.5) is 0 Å². The van der Waals surface area contributed by atoms with E-state index in [0.29, 0.717) is 6.04 Å². The molecule has 0 aromatic heterocycles. The van der Waals surface area contributed by atoms with Crippen molar-refractivity contribution in [2.75, 3.05) is 6.54 Å². The number of nitrogens with one attached hydrogen (secondary N) is 1.